The van der Waals surface area contributed by atoms with Gasteiger partial charge in [0.2, 0.25) is 5.91 Å². The lowest BCUT2D eigenvalue weighted by Gasteiger charge is -2.42. The number of aromatic nitrogens is 2. The number of phenolic OH excluding ortho intramolecular Hbond substituents is 1. The molecule has 0 radical (unpaired) electrons. The van der Waals surface area contributed by atoms with Crippen molar-refractivity contribution in [2.75, 3.05) is 37.7 Å². The smallest absolute Gasteiger partial charge is 0.318 e. The van der Waals surface area contributed by atoms with Crippen molar-refractivity contribution in [2.24, 2.45) is 0 Å². The predicted molar refractivity (Wildman–Crippen MR) is 176 cm³/mol. The van der Waals surface area contributed by atoms with E-state index in [1.54, 1.807) is 23.1 Å². The molecule has 244 valence electrons. The molecule has 1 aromatic heterocycles. The first-order valence-electron chi connectivity index (χ1n) is 16.9. The van der Waals surface area contributed by atoms with E-state index < -0.39 is 11.9 Å². The lowest BCUT2D eigenvalue weighted by atomic mass is 9.79. The van der Waals surface area contributed by atoms with Crippen LogP contribution in [0.4, 0.5) is 10.2 Å². The Morgan fingerprint density at radius 3 is 2.77 bits per heavy atom. The highest BCUT2D eigenvalue weighted by molar-refractivity contribution is 5.93. The van der Waals surface area contributed by atoms with Crippen LogP contribution in [-0.2, 0) is 17.6 Å². The summed E-state index contributed by atoms with van der Waals surface area (Å²) >= 11 is 0. The van der Waals surface area contributed by atoms with Gasteiger partial charge >= 0.3 is 6.01 Å². The highest BCUT2D eigenvalue weighted by Gasteiger charge is 2.49. The van der Waals surface area contributed by atoms with Crippen molar-refractivity contribution >= 4 is 22.5 Å². The van der Waals surface area contributed by atoms with Gasteiger partial charge in [-0.3, -0.25) is 9.69 Å². The van der Waals surface area contributed by atoms with Crippen LogP contribution < -0.4 is 9.64 Å². The van der Waals surface area contributed by atoms with E-state index in [1.165, 1.54) is 12.1 Å². The molecule has 2 aromatic carbocycles. The van der Waals surface area contributed by atoms with Gasteiger partial charge in [-0.05, 0) is 106 Å². The number of aliphatic hydroxyl groups excluding tert-OH is 1. The van der Waals surface area contributed by atoms with Gasteiger partial charge in [0, 0.05) is 24.0 Å². The average molecular weight is 638 g/mol. The second kappa shape index (κ2) is 11.5. The normalized spacial score (nSPS) is 26.2. The SMILES string of the molecule is C#Cc1c(F)ccc2cc(O)cc([C@H]3CCc4c(nc(OCC56CCCN5CCC6)nc4N4C[C@@H]5C[C@@H](O)[C@H](C4)N5C(=O)C=C)C3)c12. The van der Waals surface area contributed by atoms with Crippen LogP contribution in [0.25, 0.3) is 10.8 Å². The monoisotopic (exact) mass is 637 g/mol. The molecule has 4 saturated heterocycles. The number of halogens is 1. The topological polar surface area (TPSA) is 102 Å². The lowest BCUT2D eigenvalue weighted by molar-refractivity contribution is -0.130. The minimum absolute atomic E-state index is 0.0258. The number of carbonyl (C=O) groups is 1. The number of hydrogen-bond donors (Lipinski definition) is 2. The summed E-state index contributed by atoms with van der Waals surface area (Å²) in [5, 5.41) is 22.9. The number of nitrogens with zero attached hydrogens (tertiary/aromatic N) is 5. The number of piperazine rings is 1. The summed E-state index contributed by atoms with van der Waals surface area (Å²) < 4.78 is 21.4. The Bertz CT molecular complexity index is 1810. The zero-order chi connectivity index (χ0) is 32.4. The van der Waals surface area contributed by atoms with Gasteiger partial charge < -0.3 is 24.7 Å². The minimum atomic E-state index is -0.619. The summed E-state index contributed by atoms with van der Waals surface area (Å²) in [6.07, 6.45) is 13.5. The number of aromatic hydroxyl groups is 1. The number of terminal acetylenes is 1. The molecule has 5 aliphatic rings. The van der Waals surface area contributed by atoms with Gasteiger partial charge in [-0.2, -0.15) is 9.97 Å². The number of amides is 1. The van der Waals surface area contributed by atoms with Gasteiger partial charge in [-0.1, -0.05) is 18.6 Å². The highest BCUT2D eigenvalue weighted by Crippen LogP contribution is 2.44. The second-order valence-corrected chi connectivity index (χ2v) is 14.0. The highest BCUT2D eigenvalue weighted by atomic mass is 19.1. The molecule has 4 fully saturated rings. The van der Waals surface area contributed by atoms with E-state index in [2.05, 4.69) is 22.3 Å². The van der Waals surface area contributed by atoms with Gasteiger partial charge in [0.15, 0.2) is 0 Å². The quantitative estimate of drug-likeness (QED) is 0.308. The maximum atomic E-state index is 14.9. The third-order valence-electron chi connectivity index (χ3n) is 11.5. The maximum Gasteiger partial charge on any atom is 0.318 e. The van der Waals surface area contributed by atoms with Crippen molar-refractivity contribution in [2.45, 2.75) is 81.0 Å². The molecule has 0 spiro atoms. The molecule has 0 saturated carbocycles. The number of fused-ring (bicyclic) bond motifs is 5. The Morgan fingerprint density at radius 2 is 2.02 bits per heavy atom. The zero-order valence-electron chi connectivity index (χ0n) is 26.5. The van der Waals surface area contributed by atoms with E-state index in [-0.39, 0.29) is 40.8 Å². The summed E-state index contributed by atoms with van der Waals surface area (Å²) in [5.74, 6) is 2.76. The van der Waals surface area contributed by atoms with Crippen LogP contribution in [0.15, 0.2) is 36.9 Å². The minimum Gasteiger partial charge on any atom is -0.508 e. The van der Waals surface area contributed by atoms with Gasteiger partial charge in [-0.15, -0.1) is 6.42 Å². The molecule has 5 heterocycles. The van der Waals surface area contributed by atoms with Crippen molar-refractivity contribution in [3.63, 3.8) is 0 Å². The van der Waals surface area contributed by atoms with Crippen LogP contribution >= 0.6 is 0 Å². The van der Waals surface area contributed by atoms with Crippen molar-refractivity contribution < 1.29 is 24.1 Å². The third-order valence-corrected chi connectivity index (χ3v) is 11.5. The number of aliphatic hydroxyl groups is 1. The predicted octanol–water partition coefficient (Wildman–Crippen LogP) is 4.07. The van der Waals surface area contributed by atoms with Crippen LogP contribution in [0.2, 0.25) is 0 Å². The number of ether oxygens (including phenoxy) is 1. The molecular weight excluding hydrogens is 597 g/mol. The zero-order valence-corrected chi connectivity index (χ0v) is 26.5. The molecule has 2 bridgehead atoms. The number of rotatable bonds is 6. The largest absolute Gasteiger partial charge is 0.508 e. The van der Waals surface area contributed by atoms with Gasteiger partial charge in [0.1, 0.15) is 24.0 Å². The van der Waals surface area contributed by atoms with Crippen LogP contribution in [0.3, 0.4) is 0 Å². The summed E-state index contributed by atoms with van der Waals surface area (Å²) in [6, 6.07) is 6.16. The summed E-state index contributed by atoms with van der Waals surface area (Å²) in [5.41, 5.74) is 2.93. The van der Waals surface area contributed by atoms with Crippen LogP contribution in [-0.4, -0.2) is 92.4 Å². The van der Waals surface area contributed by atoms with Crippen LogP contribution in [0, 0.1) is 18.2 Å². The molecule has 4 aliphatic heterocycles. The number of phenols is 1. The maximum absolute atomic E-state index is 14.9. The Morgan fingerprint density at radius 1 is 1.21 bits per heavy atom. The first-order valence-corrected chi connectivity index (χ1v) is 16.9. The first-order chi connectivity index (χ1) is 22.8. The number of hydrogen-bond acceptors (Lipinski definition) is 8. The first kappa shape index (κ1) is 30.2. The fourth-order valence-corrected chi connectivity index (χ4v) is 9.30. The fraction of sp³-hybridized carbons (Fsp3) is 0.486. The standard InChI is InChI=1S/C37H40FN5O4/c1-3-26-29(38)10-8-23-15-25(44)18-28(34(23)26)22-7-9-27-30(16-22)39-36(47-21-37-11-5-13-42(37)14-6-12-37)40-35(27)41-19-24-17-32(45)31(20-41)43(24)33(46)4-2/h1,4,8,10,15,18,22,24,31-32,44-45H,2,5-7,9,11-14,16-17,19-21H2/t22-,24-,31-,32+/m0/s1. The number of benzene rings is 2. The molecule has 2 N–H and O–H groups in total. The van der Waals surface area contributed by atoms with Crippen LogP contribution in [0.1, 0.15) is 66.8 Å². The van der Waals surface area contributed by atoms with E-state index in [4.69, 9.17) is 21.1 Å². The molecule has 9 nitrogen and oxygen atoms in total. The summed E-state index contributed by atoms with van der Waals surface area (Å²) in [7, 11) is 0. The Kier molecular flexibility index (Phi) is 7.38. The Hall–Kier alpha value is -4.20. The van der Waals surface area contributed by atoms with Gasteiger partial charge in [-0.25, -0.2) is 4.39 Å². The van der Waals surface area contributed by atoms with Crippen molar-refractivity contribution in [3.05, 3.63) is 65.1 Å². The number of carbonyl (C=O) groups excluding carboxylic acids is 1. The van der Waals surface area contributed by atoms with E-state index in [0.29, 0.717) is 55.7 Å². The van der Waals surface area contributed by atoms with E-state index in [9.17, 15) is 19.4 Å². The number of anilines is 1. The van der Waals surface area contributed by atoms with E-state index in [1.807, 2.05) is 0 Å². The molecule has 3 aromatic rings. The Balaban J connectivity index is 1.17. The molecule has 4 atom stereocenters. The van der Waals surface area contributed by atoms with Crippen LogP contribution in [0.5, 0.6) is 11.8 Å². The van der Waals surface area contributed by atoms with E-state index in [0.717, 1.165) is 67.8 Å². The molecular formula is C37H40FN5O4. The fourth-order valence-electron chi connectivity index (χ4n) is 9.30. The Labute approximate surface area is 274 Å². The molecule has 10 heteroatoms. The molecule has 8 rings (SSSR count). The average Bonchev–Trinajstić information content (AvgIpc) is 3.71. The van der Waals surface area contributed by atoms with Gasteiger partial charge in [0.25, 0.3) is 0 Å². The molecule has 0 unspecified atom stereocenters. The summed E-state index contributed by atoms with van der Waals surface area (Å²) in [6.45, 7) is 7.39. The van der Waals surface area contributed by atoms with E-state index >= 15 is 0 Å². The molecule has 1 amide bonds. The molecule has 47 heavy (non-hydrogen) atoms. The van der Waals surface area contributed by atoms with Crippen molar-refractivity contribution in [1.29, 1.82) is 0 Å². The van der Waals surface area contributed by atoms with Crippen molar-refractivity contribution in [3.8, 4) is 24.1 Å². The molecule has 1 aliphatic carbocycles. The second-order valence-electron chi connectivity index (χ2n) is 14.0. The van der Waals surface area contributed by atoms with Gasteiger partial charge in [0.05, 0.1) is 35.0 Å². The van der Waals surface area contributed by atoms with Crippen molar-refractivity contribution in [1.82, 2.24) is 19.8 Å². The summed E-state index contributed by atoms with van der Waals surface area (Å²) in [4.78, 5) is 29.3. The third kappa shape index (κ3) is 4.94. The lowest BCUT2D eigenvalue weighted by Crippen LogP contribution is -2.57.